The molecule has 0 radical (unpaired) electrons. The van der Waals surface area contributed by atoms with Gasteiger partial charge in [-0.25, -0.2) is 13.2 Å². The third kappa shape index (κ3) is 6.59. The first-order valence-electron chi connectivity index (χ1n) is 12.2. The number of rotatable bonds is 11. The highest BCUT2D eigenvalue weighted by molar-refractivity contribution is 5.88. The summed E-state index contributed by atoms with van der Waals surface area (Å²) in [5.41, 5.74) is 2.52. The van der Waals surface area contributed by atoms with E-state index < -0.39 is 29.8 Å². The van der Waals surface area contributed by atoms with Crippen LogP contribution in [0.1, 0.15) is 37.3 Å². The first kappa shape index (κ1) is 26.5. The molecule has 0 aliphatic rings. The fraction of sp³-hybridized carbons (Fsp3) is 0.267. The molecule has 0 saturated heterocycles. The highest BCUT2D eigenvalue weighted by atomic mass is 19.3. The number of hydrogen-bond donors (Lipinski definition) is 0. The molecular weight excluding hydrogens is 487 g/mol. The van der Waals surface area contributed by atoms with Crippen LogP contribution in [0.15, 0.2) is 66.7 Å². The van der Waals surface area contributed by atoms with Crippen molar-refractivity contribution in [3.05, 3.63) is 95.3 Å². The van der Waals surface area contributed by atoms with Gasteiger partial charge in [0.1, 0.15) is 11.6 Å². The molecule has 2 nitrogen and oxygen atoms in total. The molecule has 0 unspecified atom stereocenters. The Balaban J connectivity index is 1.46. The summed E-state index contributed by atoms with van der Waals surface area (Å²) in [7, 11) is 0. The van der Waals surface area contributed by atoms with E-state index in [0.717, 1.165) is 53.7 Å². The largest absolute Gasteiger partial charge is 0.494 e. The lowest BCUT2D eigenvalue weighted by Gasteiger charge is -2.11. The number of benzene rings is 4. The van der Waals surface area contributed by atoms with Crippen LogP contribution in [0.25, 0.3) is 21.9 Å². The van der Waals surface area contributed by atoms with Crippen molar-refractivity contribution in [2.24, 2.45) is 0 Å². The summed E-state index contributed by atoms with van der Waals surface area (Å²) in [5.74, 6) is -3.16. The molecule has 0 bridgehead atoms. The molecule has 4 aromatic rings. The standard InChI is InChI=1S/C30H27F5O2/c1-2-3-4-15-36-24-12-9-20(10-13-24)22-11-14-25-23(18-22)8-7-21(28(25)33)6-5-19-16-26(31)29(27(32)17-19)37-30(34)35/h7-14,16-18,30H,2-6,15H2,1H3. The summed E-state index contributed by atoms with van der Waals surface area (Å²) >= 11 is 0. The zero-order valence-electron chi connectivity index (χ0n) is 20.4. The van der Waals surface area contributed by atoms with E-state index in [9.17, 15) is 17.6 Å². The Morgan fingerprint density at radius 3 is 2.14 bits per heavy atom. The van der Waals surface area contributed by atoms with Crippen molar-refractivity contribution in [3.8, 4) is 22.6 Å². The Bertz CT molecular complexity index is 1330. The molecule has 0 N–H and O–H groups in total. The topological polar surface area (TPSA) is 18.5 Å². The maximum atomic E-state index is 15.2. The molecular formula is C30H27F5O2. The summed E-state index contributed by atoms with van der Waals surface area (Å²) < 4.78 is 77.5. The Morgan fingerprint density at radius 1 is 0.757 bits per heavy atom. The van der Waals surface area contributed by atoms with Crippen molar-refractivity contribution in [3.63, 3.8) is 0 Å². The van der Waals surface area contributed by atoms with Gasteiger partial charge in [0.05, 0.1) is 6.61 Å². The summed E-state index contributed by atoms with van der Waals surface area (Å²) in [5, 5.41) is 1.17. The molecule has 194 valence electrons. The minimum atomic E-state index is -3.34. The Kier molecular flexibility index (Phi) is 8.64. The molecule has 0 atom stereocenters. The Morgan fingerprint density at radius 2 is 1.46 bits per heavy atom. The van der Waals surface area contributed by atoms with E-state index in [1.165, 1.54) is 0 Å². The summed E-state index contributed by atoms with van der Waals surface area (Å²) in [6, 6.07) is 18.6. The van der Waals surface area contributed by atoms with Gasteiger partial charge in [0.25, 0.3) is 0 Å². The van der Waals surface area contributed by atoms with Gasteiger partial charge >= 0.3 is 6.61 Å². The van der Waals surface area contributed by atoms with Gasteiger partial charge < -0.3 is 9.47 Å². The van der Waals surface area contributed by atoms with Crippen LogP contribution in [-0.4, -0.2) is 13.2 Å². The van der Waals surface area contributed by atoms with Crippen molar-refractivity contribution in [1.82, 2.24) is 0 Å². The van der Waals surface area contributed by atoms with E-state index in [1.54, 1.807) is 12.1 Å². The van der Waals surface area contributed by atoms with Gasteiger partial charge in [-0.15, -0.1) is 0 Å². The van der Waals surface area contributed by atoms with Crippen LogP contribution < -0.4 is 9.47 Å². The molecule has 0 saturated carbocycles. The van der Waals surface area contributed by atoms with E-state index in [4.69, 9.17) is 4.74 Å². The second-order valence-corrected chi connectivity index (χ2v) is 8.82. The fourth-order valence-electron chi connectivity index (χ4n) is 4.23. The zero-order chi connectivity index (χ0) is 26.4. The number of aryl methyl sites for hydroxylation is 2. The van der Waals surface area contributed by atoms with Crippen LogP contribution in [-0.2, 0) is 12.8 Å². The molecule has 4 aromatic carbocycles. The second kappa shape index (κ2) is 12.1. The number of hydrogen-bond acceptors (Lipinski definition) is 2. The molecule has 0 amide bonds. The van der Waals surface area contributed by atoms with Crippen LogP contribution >= 0.6 is 0 Å². The van der Waals surface area contributed by atoms with Gasteiger partial charge in [-0.1, -0.05) is 56.2 Å². The molecule has 37 heavy (non-hydrogen) atoms. The van der Waals surface area contributed by atoms with E-state index in [0.29, 0.717) is 17.6 Å². The van der Waals surface area contributed by atoms with E-state index in [-0.39, 0.29) is 18.4 Å². The summed E-state index contributed by atoms with van der Waals surface area (Å²) in [6.07, 6.45) is 3.60. The van der Waals surface area contributed by atoms with Crippen LogP contribution in [0.5, 0.6) is 11.5 Å². The third-order valence-electron chi connectivity index (χ3n) is 6.19. The van der Waals surface area contributed by atoms with Gasteiger partial charge in [0.2, 0.25) is 0 Å². The Hall–Kier alpha value is -3.61. The van der Waals surface area contributed by atoms with E-state index in [2.05, 4.69) is 11.7 Å². The first-order chi connectivity index (χ1) is 17.9. The van der Waals surface area contributed by atoms with Gasteiger partial charge in [-0.05, 0) is 77.2 Å². The minimum absolute atomic E-state index is 0.121. The molecule has 0 fully saturated rings. The summed E-state index contributed by atoms with van der Waals surface area (Å²) in [6.45, 7) is -0.503. The van der Waals surface area contributed by atoms with Crippen molar-refractivity contribution in [2.75, 3.05) is 6.61 Å². The normalized spacial score (nSPS) is 11.3. The lowest BCUT2D eigenvalue weighted by Crippen LogP contribution is -2.06. The van der Waals surface area contributed by atoms with Crippen LogP contribution in [0.4, 0.5) is 22.0 Å². The fourth-order valence-corrected chi connectivity index (χ4v) is 4.23. The molecule has 0 aromatic heterocycles. The average Bonchev–Trinajstić information content (AvgIpc) is 2.88. The highest BCUT2D eigenvalue weighted by Crippen LogP contribution is 2.30. The monoisotopic (exact) mass is 514 g/mol. The molecule has 0 heterocycles. The number of halogens is 5. The number of ether oxygens (including phenoxy) is 2. The van der Waals surface area contributed by atoms with Crippen LogP contribution in [0, 0.1) is 17.5 Å². The minimum Gasteiger partial charge on any atom is -0.494 e. The van der Waals surface area contributed by atoms with Crippen molar-refractivity contribution in [1.29, 1.82) is 0 Å². The quantitative estimate of drug-likeness (QED) is 0.147. The van der Waals surface area contributed by atoms with Gasteiger partial charge in [-0.2, -0.15) is 8.78 Å². The zero-order valence-corrected chi connectivity index (χ0v) is 20.4. The van der Waals surface area contributed by atoms with Crippen LogP contribution in [0.2, 0.25) is 0 Å². The number of alkyl halides is 2. The number of unbranched alkanes of at least 4 members (excludes halogenated alkanes) is 2. The summed E-state index contributed by atoms with van der Waals surface area (Å²) in [4.78, 5) is 0. The maximum Gasteiger partial charge on any atom is 0.387 e. The highest BCUT2D eigenvalue weighted by Gasteiger charge is 2.17. The smallest absolute Gasteiger partial charge is 0.387 e. The lowest BCUT2D eigenvalue weighted by atomic mass is 9.97. The number of fused-ring (bicyclic) bond motifs is 1. The van der Waals surface area contributed by atoms with E-state index in [1.807, 2.05) is 42.5 Å². The Labute approximate surface area is 212 Å². The third-order valence-corrected chi connectivity index (χ3v) is 6.19. The van der Waals surface area contributed by atoms with Crippen molar-refractivity contribution < 1.29 is 31.4 Å². The predicted molar refractivity (Wildman–Crippen MR) is 135 cm³/mol. The molecule has 0 aliphatic heterocycles. The molecule has 7 heteroatoms. The van der Waals surface area contributed by atoms with Crippen LogP contribution in [0.3, 0.4) is 0 Å². The van der Waals surface area contributed by atoms with Crippen molar-refractivity contribution >= 4 is 10.8 Å². The predicted octanol–water partition coefficient (Wildman–Crippen LogP) is 8.88. The average molecular weight is 515 g/mol. The maximum absolute atomic E-state index is 15.2. The molecule has 4 rings (SSSR count). The van der Waals surface area contributed by atoms with Gasteiger partial charge in [-0.3, -0.25) is 0 Å². The SMILES string of the molecule is CCCCCOc1ccc(-c2ccc3c(F)c(CCc4cc(F)c(OC(F)F)c(F)c4)ccc3c2)cc1. The molecule has 0 spiro atoms. The second-order valence-electron chi connectivity index (χ2n) is 8.82. The first-order valence-corrected chi connectivity index (χ1v) is 12.2. The van der Waals surface area contributed by atoms with Crippen molar-refractivity contribution in [2.45, 2.75) is 45.6 Å². The van der Waals surface area contributed by atoms with Gasteiger partial charge in [0.15, 0.2) is 17.4 Å². The van der Waals surface area contributed by atoms with Gasteiger partial charge in [0, 0.05) is 5.39 Å². The van der Waals surface area contributed by atoms with E-state index >= 15 is 4.39 Å². The lowest BCUT2D eigenvalue weighted by molar-refractivity contribution is -0.0546. The molecule has 0 aliphatic carbocycles.